The van der Waals surface area contributed by atoms with Crippen LogP contribution >= 0.6 is 23.2 Å². The van der Waals surface area contributed by atoms with Crippen molar-refractivity contribution in [3.63, 3.8) is 0 Å². The van der Waals surface area contributed by atoms with Crippen LogP contribution in [0, 0.1) is 0 Å². The monoisotopic (exact) mass is 336 g/mol. The van der Waals surface area contributed by atoms with Crippen molar-refractivity contribution < 1.29 is 5.11 Å². The summed E-state index contributed by atoms with van der Waals surface area (Å²) in [6.07, 6.45) is 2.08. The topological polar surface area (TPSA) is 35.5 Å². The second kappa shape index (κ2) is 6.67. The van der Waals surface area contributed by atoms with E-state index in [4.69, 9.17) is 23.2 Å². The molecule has 1 saturated heterocycles. The van der Waals surface area contributed by atoms with E-state index in [0.29, 0.717) is 21.8 Å². The first-order valence-electron chi connectivity index (χ1n) is 7.37. The molecule has 2 aromatic carbocycles. The fraction of sp³-hybridized carbons (Fsp3) is 0.294. The molecular formula is C17H18Cl2N2O. The molecule has 1 heterocycles. The Hall–Kier alpha value is -1.58. The molecule has 1 aliphatic rings. The van der Waals surface area contributed by atoms with Gasteiger partial charge < -0.3 is 15.3 Å². The van der Waals surface area contributed by atoms with Crippen molar-refractivity contribution in [3.05, 3.63) is 52.5 Å². The van der Waals surface area contributed by atoms with Crippen LogP contribution in [0.5, 0.6) is 5.75 Å². The lowest BCUT2D eigenvalue weighted by atomic mass is 10.0. The first-order valence-corrected chi connectivity index (χ1v) is 8.13. The Bertz CT molecular complexity index is 638. The minimum Gasteiger partial charge on any atom is -0.508 e. The van der Waals surface area contributed by atoms with E-state index < -0.39 is 0 Å². The Morgan fingerprint density at radius 1 is 1.00 bits per heavy atom. The Kier molecular flexibility index (Phi) is 4.65. The number of hydrogen-bond donors (Lipinski definition) is 2. The molecule has 3 rings (SSSR count). The van der Waals surface area contributed by atoms with E-state index in [-0.39, 0.29) is 0 Å². The van der Waals surface area contributed by atoms with Gasteiger partial charge in [0, 0.05) is 29.8 Å². The minimum absolute atomic E-state index is 0.303. The number of phenols is 1. The lowest BCUT2D eigenvalue weighted by molar-refractivity contribution is 0.475. The normalized spacial score (nSPS) is 15.8. The SMILES string of the molecule is Oc1ccc(N2CCC(Nc3ccc(Cl)cc3Cl)CC2)cc1. The number of aromatic hydroxyl groups is 1. The molecule has 22 heavy (non-hydrogen) atoms. The van der Waals surface area contributed by atoms with Crippen LogP contribution in [0.2, 0.25) is 10.0 Å². The van der Waals surface area contributed by atoms with E-state index in [0.717, 1.165) is 37.3 Å². The van der Waals surface area contributed by atoms with Gasteiger partial charge in [-0.2, -0.15) is 0 Å². The van der Waals surface area contributed by atoms with Gasteiger partial charge in [-0.25, -0.2) is 0 Å². The van der Waals surface area contributed by atoms with Crippen molar-refractivity contribution in [2.75, 3.05) is 23.3 Å². The number of benzene rings is 2. The van der Waals surface area contributed by atoms with Crippen LogP contribution in [0.25, 0.3) is 0 Å². The van der Waals surface area contributed by atoms with Crippen LogP contribution in [0.3, 0.4) is 0 Å². The number of halogens is 2. The highest BCUT2D eigenvalue weighted by Gasteiger charge is 2.20. The van der Waals surface area contributed by atoms with E-state index in [1.165, 1.54) is 0 Å². The highest BCUT2D eigenvalue weighted by Crippen LogP contribution is 2.28. The van der Waals surface area contributed by atoms with Gasteiger partial charge in [0.1, 0.15) is 5.75 Å². The van der Waals surface area contributed by atoms with Gasteiger partial charge >= 0.3 is 0 Å². The summed E-state index contributed by atoms with van der Waals surface area (Å²) in [7, 11) is 0. The highest BCUT2D eigenvalue weighted by molar-refractivity contribution is 6.36. The molecule has 0 atom stereocenters. The molecule has 0 spiro atoms. The van der Waals surface area contributed by atoms with Gasteiger partial charge in [-0.3, -0.25) is 0 Å². The summed E-state index contributed by atoms with van der Waals surface area (Å²) in [5.41, 5.74) is 2.09. The maximum Gasteiger partial charge on any atom is 0.115 e. The first-order chi connectivity index (χ1) is 10.6. The standard InChI is InChI=1S/C17H18Cl2N2O/c18-12-1-6-17(16(19)11-12)20-13-7-9-21(10-8-13)14-2-4-15(22)5-3-14/h1-6,11,13,20,22H,7-10H2. The Morgan fingerprint density at radius 3 is 2.32 bits per heavy atom. The summed E-state index contributed by atoms with van der Waals surface area (Å²) in [4.78, 5) is 2.33. The van der Waals surface area contributed by atoms with E-state index in [1.54, 1.807) is 18.2 Å². The van der Waals surface area contributed by atoms with E-state index in [1.807, 2.05) is 24.3 Å². The summed E-state index contributed by atoms with van der Waals surface area (Å²) in [6.45, 7) is 1.96. The lowest BCUT2D eigenvalue weighted by Crippen LogP contribution is -2.39. The quantitative estimate of drug-likeness (QED) is 0.846. The zero-order valence-electron chi connectivity index (χ0n) is 12.1. The molecule has 1 fully saturated rings. The Morgan fingerprint density at radius 2 is 1.68 bits per heavy atom. The molecule has 116 valence electrons. The third-order valence-corrected chi connectivity index (χ3v) is 4.55. The molecule has 5 heteroatoms. The van der Waals surface area contributed by atoms with Crippen LogP contribution < -0.4 is 10.2 Å². The summed E-state index contributed by atoms with van der Waals surface area (Å²) in [6, 6.07) is 13.3. The maximum absolute atomic E-state index is 9.36. The molecular weight excluding hydrogens is 319 g/mol. The number of nitrogens with zero attached hydrogens (tertiary/aromatic N) is 1. The minimum atomic E-state index is 0.303. The highest BCUT2D eigenvalue weighted by atomic mass is 35.5. The smallest absolute Gasteiger partial charge is 0.115 e. The Balaban J connectivity index is 1.58. The van der Waals surface area contributed by atoms with Crippen molar-refractivity contribution >= 4 is 34.6 Å². The number of piperidine rings is 1. The average Bonchev–Trinajstić information content (AvgIpc) is 2.52. The molecule has 2 N–H and O–H groups in total. The molecule has 0 aromatic heterocycles. The number of rotatable bonds is 3. The van der Waals surface area contributed by atoms with Crippen molar-refractivity contribution in [3.8, 4) is 5.75 Å². The average molecular weight is 337 g/mol. The van der Waals surface area contributed by atoms with Crippen molar-refractivity contribution in [2.45, 2.75) is 18.9 Å². The first kappa shape index (κ1) is 15.3. The van der Waals surface area contributed by atoms with Gasteiger partial charge in [0.05, 0.1) is 10.7 Å². The van der Waals surface area contributed by atoms with Crippen molar-refractivity contribution in [2.24, 2.45) is 0 Å². The van der Waals surface area contributed by atoms with Gasteiger partial charge in [0.2, 0.25) is 0 Å². The number of nitrogens with one attached hydrogen (secondary N) is 1. The number of phenolic OH excluding ortho intramolecular Hbond substituents is 1. The maximum atomic E-state index is 9.36. The number of anilines is 2. The second-order valence-electron chi connectivity index (χ2n) is 5.55. The van der Waals surface area contributed by atoms with Crippen molar-refractivity contribution in [1.29, 1.82) is 0 Å². The largest absolute Gasteiger partial charge is 0.508 e. The fourth-order valence-electron chi connectivity index (χ4n) is 2.77. The van der Waals surface area contributed by atoms with Gasteiger partial charge in [-0.05, 0) is 55.3 Å². The molecule has 0 radical (unpaired) electrons. The van der Waals surface area contributed by atoms with Gasteiger partial charge in [-0.1, -0.05) is 23.2 Å². The van der Waals surface area contributed by atoms with Gasteiger partial charge in [0.15, 0.2) is 0 Å². The van der Waals surface area contributed by atoms with Crippen LogP contribution in [0.1, 0.15) is 12.8 Å². The predicted molar refractivity (Wildman–Crippen MR) is 93.4 cm³/mol. The Labute approximate surface area is 140 Å². The van der Waals surface area contributed by atoms with Crippen LogP contribution in [0.4, 0.5) is 11.4 Å². The molecule has 2 aromatic rings. The van der Waals surface area contributed by atoms with Crippen LogP contribution in [0.15, 0.2) is 42.5 Å². The van der Waals surface area contributed by atoms with E-state index >= 15 is 0 Å². The molecule has 3 nitrogen and oxygen atoms in total. The van der Waals surface area contributed by atoms with Crippen LogP contribution in [-0.4, -0.2) is 24.2 Å². The summed E-state index contributed by atoms with van der Waals surface area (Å²) >= 11 is 12.1. The molecule has 0 saturated carbocycles. The van der Waals surface area contributed by atoms with E-state index in [2.05, 4.69) is 10.2 Å². The molecule has 0 amide bonds. The second-order valence-corrected chi connectivity index (χ2v) is 6.39. The zero-order valence-corrected chi connectivity index (χ0v) is 13.6. The summed E-state index contributed by atoms with van der Waals surface area (Å²) in [5, 5.41) is 14.2. The fourth-order valence-corrected chi connectivity index (χ4v) is 3.23. The van der Waals surface area contributed by atoms with Gasteiger partial charge in [0.25, 0.3) is 0 Å². The lowest BCUT2D eigenvalue weighted by Gasteiger charge is -2.34. The zero-order chi connectivity index (χ0) is 15.5. The predicted octanol–water partition coefficient (Wildman–Crippen LogP) is 4.78. The van der Waals surface area contributed by atoms with E-state index in [9.17, 15) is 5.11 Å². The van der Waals surface area contributed by atoms with Crippen molar-refractivity contribution in [1.82, 2.24) is 0 Å². The summed E-state index contributed by atoms with van der Waals surface area (Å²) < 4.78 is 0. The molecule has 0 aliphatic carbocycles. The molecule has 0 bridgehead atoms. The summed E-state index contributed by atoms with van der Waals surface area (Å²) in [5.74, 6) is 0.303. The number of hydrogen-bond acceptors (Lipinski definition) is 3. The molecule has 0 unspecified atom stereocenters. The third kappa shape index (κ3) is 3.60. The van der Waals surface area contributed by atoms with Crippen LogP contribution in [-0.2, 0) is 0 Å². The molecule has 1 aliphatic heterocycles. The van der Waals surface area contributed by atoms with Gasteiger partial charge in [-0.15, -0.1) is 0 Å². The third-order valence-electron chi connectivity index (χ3n) is 4.00.